The van der Waals surface area contributed by atoms with Crippen LogP contribution in [0.5, 0.6) is 5.75 Å². The molecule has 0 aliphatic heterocycles. The Balaban J connectivity index is 2.64. The number of methoxy groups -OCH3 is 2. The van der Waals surface area contributed by atoms with E-state index >= 15 is 0 Å². The van der Waals surface area contributed by atoms with Gasteiger partial charge in [0, 0.05) is 7.11 Å². The van der Waals surface area contributed by atoms with Gasteiger partial charge < -0.3 is 14.2 Å². The zero-order chi connectivity index (χ0) is 15.0. The van der Waals surface area contributed by atoms with Crippen LogP contribution in [0.25, 0.3) is 0 Å². The van der Waals surface area contributed by atoms with Gasteiger partial charge in [-0.25, -0.2) is 8.42 Å². The van der Waals surface area contributed by atoms with Gasteiger partial charge in [-0.15, -0.1) is 0 Å². The van der Waals surface area contributed by atoms with Crippen LogP contribution in [0.1, 0.15) is 0 Å². The summed E-state index contributed by atoms with van der Waals surface area (Å²) in [4.78, 5) is 11.0. The van der Waals surface area contributed by atoms with Gasteiger partial charge in [0.2, 0.25) is 10.0 Å². The van der Waals surface area contributed by atoms with Crippen molar-refractivity contribution in [1.29, 1.82) is 0 Å². The standard InChI is InChI=1S/C12H17NO6S/c1-17-7-8-19-10-3-5-11(6-4-10)20(15,16)13-9-12(14)18-2/h3-6,13H,7-9H2,1-2H3. The first-order valence-corrected chi connectivity index (χ1v) is 7.26. The van der Waals surface area contributed by atoms with E-state index in [1.807, 2.05) is 0 Å². The quantitative estimate of drug-likeness (QED) is 0.543. The van der Waals surface area contributed by atoms with Crippen molar-refractivity contribution >= 4 is 16.0 Å². The Bertz CT molecular complexity index is 525. The second kappa shape index (κ2) is 7.83. The van der Waals surface area contributed by atoms with Crippen molar-refractivity contribution < 1.29 is 27.4 Å². The summed E-state index contributed by atoms with van der Waals surface area (Å²) in [6, 6.07) is 5.84. The number of nitrogens with one attached hydrogen (secondary N) is 1. The van der Waals surface area contributed by atoms with Crippen molar-refractivity contribution in [2.75, 3.05) is 34.0 Å². The Labute approximate surface area is 117 Å². The van der Waals surface area contributed by atoms with Crippen molar-refractivity contribution in [2.45, 2.75) is 4.90 Å². The molecule has 112 valence electrons. The zero-order valence-electron chi connectivity index (χ0n) is 11.3. The molecule has 1 aromatic rings. The summed E-state index contributed by atoms with van der Waals surface area (Å²) < 4.78 is 40.3. The van der Waals surface area contributed by atoms with Gasteiger partial charge in [-0.3, -0.25) is 4.79 Å². The molecule has 0 saturated carbocycles. The van der Waals surface area contributed by atoms with Crippen molar-refractivity contribution in [2.24, 2.45) is 0 Å². The average molecular weight is 303 g/mol. The summed E-state index contributed by atoms with van der Waals surface area (Å²) in [5.41, 5.74) is 0. The van der Waals surface area contributed by atoms with E-state index in [0.717, 1.165) is 0 Å². The number of carbonyl (C=O) groups excluding carboxylic acids is 1. The largest absolute Gasteiger partial charge is 0.491 e. The highest BCUT2D eigenvalue weighted by atomic mass is 32.2. The molecule has 7 nitrogen and oxygen atoms in total. The van der Waals surface area contributed by atoms with E-state index in [2.05, 4.69) is 9.46 Å². The molecule has 0 aromatic heterocycles. The Morgan fingerprint density at radius 1 is 1.15 bits per heavy atom. The third-order valence-corrected chi connectivity index (χ3v) is 3.74. The average Bonchev–Trinajstić information content (AvgIpc) is 2.45. The minimum Gasteiger partial charge on any atom is -0.491 e. The maximum Gasteiger partial charge on any atom is 0.320 e. The van der Waals surface area contributed by atoms with Crippen LogP contribution in [0.15, 0.2) is 29.2 Å². The fourth-order valence-corrected chi connectivity index (χ4v) is 2.24. The molecular formula is C12H17NO6S. The molecule has 20 heavy (non-hydrogen) atoms. The van der Waals surface area contributed by atoms with Gasteiger partial charge in [-0.1, -0.05) is 0 Å². The molecule has 0 heterocycles. The fourth-order valence-electron chi connectivity index (χ4n) is 1.27. The number of sulfonamides is 1. The summed E-state index contributed by atoms with van der Waals surface area (Å²) in [5, 5.41) is 0. The maximum atomic E-state index is 11.8. The smallest absolute Gasteiger partial charge is 0.320 e. The van der Waals surface area contributed by atoms with E-state index in [-0.39, 0.29) is 4.90 Å². The normalized spacial score (nSPS) is 11.1. The number of rotatable bonds is 8. The number of ether oxygens (including phenoxy) is 3. The Morgan fingerprint density at radius 3 is 2.35 bits per heavy atom. The highest BCUT2D eigenvalue weighted by molar-refractivity contribution is 7.89. The number of hydrogen-bond donors (Lipinski definition) is 1. The lowest BCUT2D eigenvalue weighted by Crippen LogP contribution is -2.30. The van der Waals surface area contributed by atoms with Crippen LogP contribution in [0.4, 0.5) is 0 Å². The van der Waals surface area contributed by atoms with Gasteiger partial charge in [0.05, 0.1) is 18.6 Å². The lowest BCUT2D eigenvalue weighted by Gasteiger charge is -2.08. The van der Waals surface area contributed by atoms with E-state index in [4.69, 9.17) is 9.47 Å². The zero-order valence-corrected chi connectivity index (χ0v) is 12.1. The van der Waals surface area contributed by atoms with Gasteiger partial charge in [0.1, 0.15) is 18.9 Å². The topological polar surface area (TPSA) is 90.9 Å². The Kier molecular flexibility index (Phi) is 6.43. The van der Waals surface area contributed by atoms with Crippen LogP contribution in [0.3, 0.4) is 0 Å². The maximum absolute atomic E-state index is 11.8. The minimum absolute atomic E-state index is 0.0421. The number of benzene rings is 1. The molecule has 1 aromatic carbocycles. The Morgan fingerprint density at radius 2 is 1.80 bits per heavy atom. The molecule has 0 saturated heterocycles. The van der Waals surface area contributed by atoms with Gasteiger partial charge in [0.25, 0.3) is 0 Å². The number of esters is 1. The summed E-state index contributed by atoms with van der Waals surface area (Å²) in [7, 11) is -0.994. The van der Waals surface area contributed by atoms with Crippen LogP contribution in [-0.4, -0.2) is 48.4 Å². The summed E-state index contributed by atoms with van der Waals surface area (Å²) in [5.74, 6) is -0.123. The summed E-state index contributed by atoms with van der Waals surface area (Å²) in [6.45, 7) is 0.412. The molecule has 0 fully saturated rings. The van der Waals surface area contributed by atoms with Crippen molar-refractivity contribution in [3.05, 3.63) is 24.3 Å². The van der Waals surface area contributed by atoms with E-state index in [9.17, 15) is 13.2 Å². The molecule has 0 spiro atoms. The lowest BCUT2D eigenvalue weighted by molar-refractivity contribution is -0.139. The number of carbonyl (C=O) groups is 1. The molecule has 0 aliphatic carbocycles. The van der Waals surface area contributed by atoms with Crippen molar-refractivity contribution in [1.82, 2.24) is 4.72 Å². The molecule has 1 rings (SSSR count). The Hall–Kier alpha value is -1.64. The predicted molar refractivity (Wildman–Crippen MR) is 71.0 cm³/mol. The molecule has 0 unspecified atom stereocenters. The molecule has 8 heteroatoms. The number of hydrogen-bond acceptors (Lipinski definition) is 6. The van der Waals surface area contributed by atoms with Crippen molar-refractivity contribution in [3.63, 3.8) is 0 Å². The molecule has 0 bridgehead atoms. The van der Waals surface area contributed by atoms with Gasteiger partial charge in [-0.2, -0.15) is 4.72 Å². The van der Waals surface area contributed by atoms with Crippen molar-refractivity contribution in [3.8, 4) is 5.75 Å². The third kappa shape index (κ3) is 5.16. The lowest BCUT2D eigenvalue weighted by atomic mass is 10.3. The van der Waals surface area contributed by atoms with Gasteiger partial charge in [-0.05, 0) is 24.3 Å². The van der Waals surface area contributed by atoms with E-state index in [0.29, 0.717) is 19.0 Å². The molecule has 0 radical (unpaired) electrons. The summed E-state index contributed by atoms with van der Waals surface area (Å²) in [6.07, 6.45) is 0. The highest BCUT2D eigenvalue weighted by Crippen LogP contribution is 2.15. The molecule has 1 N–H and O–H groups in total. The van der Waals surface area contributed by atoms with E-state index < -0.39 is 22.5 Å². The van der Waals surface area contributed by atoms with E-state index in [1.165, 1.54) is 31.4 Å². The van der Waals surface area contributed by atoms with Gasteiger partial charge in [0.15, 0.2) is 0 Å². The predicted octanol–water partition coefficient (Wildman–Crippen LogP) is 0.163. The first-order chi connectivity index (χ1) is 9.49. The van der Waals surface area contributed by atoms with Crippen LogP contribution in [-0.2, 0) is 24.3 Å². The van der Waals surface area contributed by atoms with Gasteiger partial charge >= 0.3 is 5.97 Å². The van der Waals surface area contributed by atoms with Crippen LogP contribution < -0.4 is 9.46 Å². The summed E-state index contributed by atoms with van der Waals surface area (Å²) >= 11 is 0. The molecule has 0 aliphatic rings. The third-order valence-electron chi connectivity index (χ3n) is 2.32. The van der Waals surface area contributed by atoms with Crippen LogP contribution in [0, 0.1) is 0 Å². The molecule has 0 atom stereocenters. The second-order valence-corrected chi connectivity index (χ2v) is 5.48. The SMILES string of the molecule is COCCOc1ccc(S(=O)(=O)NCC(=O)OC)cc1. The van der Waals surface area contributed by atoms with E-state index in [1.54, 1.807) is 7.11 Å². The molecule has 0 amide bonds. The monoisotopic (exact) mass is 303 g/mol. The van der Waals surface area contributed by atoms with Crippen LogP contribution in [0.2, 0.25) is 0 Å². The second-order valence-electron chi connectivity index (χ2n) is 3.71. The van der Waals surface area contributed by atoms with Crippen LogP contribution >= 0.6 is 0 Å². The first-order valence-electron chi connectivity index (χ1n) is 5.78. The first kappa shape index (κ1) is 16.4. The minimum atomic E-state index is -3.74. The fraction of sp³-hybridized carbons (Fsp3) is 0.417. The highest BCUT2D eigenvalue weighted by Gasteiger charge is 2.15. The molecular weight excluding hydrogens is 286 g/mol.